The Labute approximate surface area is 141 Å². The molecule has 0 aliphatic carbocycles. The first-order valence-corrected chi connectivity index (χ1v) is 7.11. The minimum Gasteiger partial charge on any atom is -0.480 e. The predicted octanol–water partition coefficient (Wildman–Crippen LogP) is -2.54. The molecule has 2 atom stereocenters. The Morgan fingerprint density at radius 1 is 1.20 bits per heavy atom. The first-order chi connectivity index (χ1) is 11.7. The van der Waals surface area contributed by atoms with Crippen LogP contribution in [0.2, 0.25) is 0 Å². The number of carbonyl (C=O) groups is 4. The lowest BCUT2D eigenvalue weighted by Gasteiger charge is -2.13. The van der Waals surface area contributed by atoms with Crippen molar-refractivity contribution in [1.82, 2.24) is 20.8 Å². The van der Waals surface area contributed by atoms with Crippen LogP contribution in [0, 0.1) is 0 Å². The molecule has 138 valence electrons. The Bertz CT molecular complexity index is 646. The number of carboxylic acids is 1. The van der Waals surface area contributed by atoms with Gasteiger partial charge in [0.05, 0.1) is 12.6 Å². The van der Waals surface area contributed by atoms with Crippen LogP contribution in [0.15, 0.2) is 4.52 Å². The molecule has 0 spiro atoms. The Kier molecular flexibility index (Phi) is 7.27. The van der Waals surface area contributed by atoms with E-state index < -0.39 is 35.9 Å². The molecule has 13 nitrogen and oxygen atoms in total. The van der Waals surface area contributed by atoms with Crippen LogP contribution in [0.25, 0.3) is 0 Å². The van der Waals surface area contributed by atoms with Gasteiger partial charge in [-0.25, -0.2) is 9.59 Å². The first kappa shape index (κ1) is 19.8. The van der Waals surface area contributed by atoms with Gasteiger partial charge in [-0.1, -0.05) is 5.16 Å². The molecular weight excluding hydrogens is 338 g/mol. The fraction of sp³-hybridized carbons (Fsp3) is 0.500. The number of carboxylic acid groups (broad SMARTS) is 1. The van der Waals surface area contributed by atoms with Crippen molar-refractivity contribution in [1.29, 1.82) is 0 Å². The van der Waals surface area contributed by atoms with Crippen molar-refractivity contribution < 1.29 is 28.8 Å². The Hall–Kier alpha value is -3.22. The van der Waals surface area contributed by atoms with Crippen LogP contribution in [0.4, 0.5) is 4.79 Å². The van der Waals surface area contributed by atoms with Gasteiger partial charge in [0.2, 0.25) is 17.7 Å². The molecule has 25 heavy (non-hydrogen) atoms. The largest absolute Gasteiger partial charge is 0.480 e. The third-order valence-electron chi connectivity index (χ3n) is 2.92. The molecule has 1 heterocycles. The average Bonchev–Trinajstić information content (AvgIpc) is 2.97. The summed E-state index contributed by atoms with van der Waals surface area (Å²) in [5.74, 6) is -2.59. The minimum absolute atomic E-state index is 0.00548. The lowest BCUT2D eigenvalue weighted by atomic mass is 10.1. The number of primary amides is 2. The van der Waals surface area contributed by atoms with Gasteiger partial charge in [-0.15, -0.1) is 0 Å². The zero-order valence-electron chi connectivity index (χ0n) is 13.1. The number of nitrogens with zero attached hydrogens (tertiary/aromatic N) is 2. The fourth-order valence-corrected chi connectivity index (χ4v) is 1.71. The lowest BCUT2D eigenvalue weighted by molar-refractivity contribution is -0.139. The van der Waals surface area contributed by atoms with Crippen LogP contribution in [0.1, 0.15) is 37.0 Å². The number of hydrogen-bond donors (Lipinski definition) is 6. The smallest absolute Gasteiger partial charge is 0.326 e. The van der Waals surface area contributed by atoms with E-state index in [1.54, 1.807) is 0 Å². The van der Waals surface area contributed by atoms with Gasteiger partial charge in [0.25, 0.3) is 0 Å². The number of aliphatic carboxylic acids is 1. The molecule has 0 fully saturated rings. The number of urea groups is 1. The van der Waals surface area contributed by atoms with Crippen LogP contribution in [-0.4, -0.2) is 45.1 Å². The second kappa shape index (κ2) is 9.17. The van der Waals surface area contributed by atoms with E-state index in [-0.39, 0.29) is 37.5 Å². The molecule has 4 amide bonds. The molecule has 0 saturated carbocycles. The van der Waals surface area contributed by atoms with Crippen LogP contribution in [0.3, 0.4) is 0 Å². The highest BCUT2D eigenvalue weighted by atomic mass is 16.5. The molecule has 1 aromatic heterocycles. The van der Waals surface area contributed by atoms with Gasteiger partial charge in [-0.05, 0) is 6.42 Å². The van der Waals surface area contributed by atoms with Gasteiger partial charge in [-0.2, -0.15) is 4.98 Å². The number of aromatic nitrogens is 2. The van der Waals surface area contributed by atoms with Crippen molar-refractivity contribution in [3.63, 3.8) is 0 Å². The lowest BCUT2D eigenvalue weighted by Crippen LogP contribution is -2.46. The van der Waals surface area contributed by atoms with Crippen molar-refractivity contribution in [3.05, 3.63) is 11.7 Å². The maximum Gasteiger partial charge on any atom is 0.326 e. The molecule has 0 saturated heterocycles. The van der Waals surface area contributed by atoms with Crippen molar-refractivity contribution in [2.75, 3.05) is 0 Å². The summed E-state index contributed by atoms with van der Waals surface area (Å²) in [6.45, 7) is -0.204. The molecule has 1 aromatic rings. The van der Waals surface area contributed by atoms with Gasteiger partial charge in [0.15, 0.2) is 5.82 Å². The molecular formula is C12H19N7O6. The summed E-state index contributed by atoms with van der Waals surface area (Å²) in [6, 6.07) is -2.94. The van der Waals surface area contributed by atoms with Crippen LogP contribution in [-0.2, 0) is 20.9 Å². The van der Waals surface area contributed by atoms with Crippen molar-refractivity contribution in [2.45, 2.75) is 37.9 Å². The summed E-state index contributed by atoms with van der Waals surface area (Å²) in [4.78, 5) is 48.0. The van der Waals surface area contributed by atoms with Crippen LogP contribution in [0.5, 0.6) is 0 Å². The zero-order valence-corrected chi connectivity index (χ0v) is 13.1. The zero-order chi connectivity index (χ0) is 19.0. The number of nitrogens with one attached hydrogen (secondary N) is 2. The summed E-state index contributed by atoms with van der Waals surface area (Å²) < 4.78 is 4.84. The average molecular weight is 357 g/mol. The number of hydrogen-bond acceptors (Lipinski definition) is 8. The summed E-state index contributed by atoms with van der Waals surface area (Å²) in [5, 5.41) is 17.0. The van der Waals surface area contributed by atoms with Crippen molar-refractivity contribution >= 4 is 23.8 Å². The second-order valence-corrected chi connectivity index (χ2v) is 5.05. The monoisotopic (exact) mass is 357 g/mol. The highest BCUT2D eigenvalue weighted by molar-refractivity contribution is 5.83. The molecule has 0 bridgehead atoms. The topological polar surface area (TPSA) is 230 Å². The SMILES string of the molecule is NC(=O)CC[C@H](NC(=O)NCc1nc(C(N)CC(N)=O)no1)C(=O)O. The first-order valence-electron chi connectivity index (χ1n) is 7.11. The third kappa shape index (κ3) is 7.26. The summed E-state index contributed by atoms with van der Waals surface area (Å²) in [7, 11) is 0. The molecule has 1 unspecified atom stereocenters. The standard InChI is InChI=1S/C12H19N7O6/c13-5(3-8(15)21)10-18-9(25-19-10)4-16-12(24)17-6(11(22)23)1-2-7(14)20/h5-6H,1-4,13H2,(H2,14,20)(H2,15,21)(H,22,23)(H2,16,17,24)/t5?,6-/m0/s1. The molecule has 1 rings (SSSR count). The Balaban J connectivity index is 2.50. The fourth-order valence-electron chi connectivity index (χ4n) is 1.71. The second-order valence-electron chi connectivity index (χ2n) is 5.05. The van der Waals surface area contributed by atoms with E-state index in [1.165, 1.54) is 0 Å². The molecule has 0 aliphatic rings. The van der Waals surface area contributed by atoms with Gasteiger partial charge in [0.1, 0.15) is 6.04 Å². The Morgan fingerprint density at radius 3 is 2.44 bits per heavy atom. The quantitative estimate of drug-likeness (QED) is 0.258. The Morgan fingerprint density at radius 2 is 1.88 bits per heavy atom. The molecule has 0 aliphatic heterocycles. The van der Waals surface area contributed by atoms with E-state index in [9.17, 15) is 19.2 Å². The van der Waals surface area contributed by atoms with E-state index in [0.717, 1.165) is 0 Å². The third-order valence-corrected chi connectivity index (χ3v) is 2.92. The van der Waals surface area contributed by atoms with E-state index in [4.69, 9.17) is 26.8 Å². The number of nitrogens with two attached hydrogens (primary N) is 3. The van der Waals surface area contributed by atoms with Gasteiger partial charge >= 0.3 is 12.0 Å². The number of carbonyl (C=O) groups excluding carboxylic acids is 3. The highest BCUT2D eigenvalue weighted by Gasteiger charge is 2.21. The molecule has 9 N–H and O–H groups in total. The molecule has 0 radical (unpaired) electrons. The maximum atomic E-state index is 11.7. The van der Waals surface area contributed by atoms with Gasteiger partial charge in [0, 0.05) is 12.8 Å². The van der Waals surface area contributed by atoms with E-state index in [2.05, 4.69) is 20.8 Å². The maximum absolute atomic E-state index is 11.7. The normalized spacial score (nSPS) is 12.8. The van der Waals surface area contributed by atoms with Crippen molar-refractivity contribution in [3.8, 4) is 0 Å². The summed E-state index contributed by atoms with van der Waals surface area (Å²) >= 11 is 0. The van der Waals surface area contributed by atoms with E-state index >= 15 is 0 Å². The molecule has 13 heteroatoms. The van der Waals surface area contributed by atoms with Gasteiger partial charge < -0.3 is 37.5 Å². The van der Waals surface area contributed by atoms with Gasteiger partial charge in [-0.3, -0.25) is 9.59 Å². The van der Waals surface area contributed by atoms with E-state index in [1.807, 2.05) is 0 Å². The highest BCUT2D eigenvalue weighted by Crippen LogP contribution is 2.09. The number of amides is 4. The van der Waals surface area contributed by atoms with Crippen LogP contribution < -0.4 is 27.8 Å². The minimum atomic E-state index is -1.31. The molecule has 0 aromatic carbocycles. The summed E-state index contributed by atoms with van der Waals surface area (Å²) in [6.07, 6.45) is -0.514. The predicted molar refractivity (Wildman–Crippen MR) is 80.3 cm³/mol. The van der Waals surface area contributed by atoms with Crippen molar-refractivity contribution in [2.24, 2.45) is 17.2 Å². The van der Waals surface area contributed by atoms with Crippen LogP contribution >= 0.6 is 0 Å². The van der Waals surface area contributed by atoms with E-state index in [0.29, 0.717) is 0 Å². The number of rotatable bonds is 10. The summed E-state index contributed by atoms with van der Waals surface area (Å²) in [5.41, 5.74) is 15.6.